The highest BCUT2D eigenvalue weighted by molar-refractivity contribution is 5.77. The maximum Gasteiger partial charge on any atom is 0.323 e. The van der Waals surface area contributed by atoms with Crippen molar-refractivity contribution in [3.05, 3.63) is 0 Å². The quantitative estimate of drug-likeness (QED) is 0.449. The van der Waals surface area contributed by atoms with E-state index in [1.807, 2.05) is 6.92 Å². The van der Waals surface area contributed by atoms with Crippen LogP contribution in [-0.4, -0.2) is 65.2 Å². The smallest absolute Gasteiger partial charge is 0.323 e. The molecule has 0 aromatic carbocycles. The lowest BCUT2D eigenvalue weighted by Crippen LogP contribution is -2.65. The standard InChI is InChI=1S/C16H30N2O6/c1-5-6-11(20)18-13-9(4)23-10(7-19)14(21)15(13)24-16(22)12(17)8(2)3/h8-10,12-15,19,21H,5-7,17H2,1-4H3,(H,18,20)/t9?,10?,12-,13?,14?,15?/m0/s1. The maximum absolute atomic E-state index is 12.2. The van der Waals surface area contributed by atoms with E-state index < -0.39 is 49.1 Å². The van der Waals surface area contributed by atoms with Crippen molar-refractivity contribution in [1.29, 1.82) is 0 Å². The van der Waals surface area contributed by atoms with Crippen molar-refractivity contribution in [2.45, 2.75) is 77.0 Å². The Balaban J connectivity index is 2.94. The number of nitrogens with one attached hydrogen (secondary N) is 1. The van der Waals surface area contributed by atoms with Crippen LogP contribution >= 0.6 is 0 Å². The second kappa shape index (κ2) is 9.31. The fourth-order valence-corrected chi connectivity index (χ4v) is 2.60. The van der Waals surface area contributed by atoms with Gasteiger partial charge in [0.15, 0.2) is 6.10 Å². The van der Waals surface area contributed by atoms with E-state index in [2.05, 4.69) is 5.32 Å². The molecule has 1 aliphatic rings. The van der Waals surface area contributed by atoms with Crippen LogP contribution in [0.1, 0.15) is 40.5 Å². The average molecular weight is 346 g/mol. The summed E-state index contributed by atoms with van der Waals surface area (Å²) in [7, 11) is 0. The van der Waals surface area contributed by atoms with Crippen molar-refractivity contribution in [1.82, 2.24) is 5.32 Å². The lowest BCUT2D eigenvalue weighted by molar-refractivity contribution is -0.208. The second-order valence-corrected chi connectivity index (χ2v) is 6.57. The first kappa shape index (κ1) is 20.8. The van der Waals surface area contributed by atoms with Crippen molar-refractivity contribution < 1.29 is 29.3 Å². The number of aliphatic hydroxyl groups excluding tert-OH is 2. The maximum atomic E-state index is 12.2. The number of nitrogens with two attached hydrogens (primary N) is 1. The van der Waals surface area contributed by atoms with Crippen molar-refractivity contribution in [2.24, 2.45) is 11.7 Å². The minimum Gasteiger partial charge on any atom is -0.456 e. The van der Waals surface area contributed by atoms with Crippen molar-refractivity contribution in [2.75, 3.05) is 6.61 Å². The molecule has 0 aromatic heterocycles. The van der Waals surface area contributed by atoms with Gasteiger partial charge in [-0.1, -0.05) is 20.8 Å². The Morgan fingerprint density at radius 3 is 2.50 bits per heavy atom. The Kier molecular flexibility index (Phi) is 8.08. The van der Waals surface area contributed by atoms with Crippen LogP contribution in [0.3, 0.4) is 0 Å². The first-order chi connectivity index (χ1) is 11.2. The number of amides is 1. The Morgan fingerprint density at radius 2 is 2.00 bits per heavy atom. The highest BCUT2D eigenvalue weighted by atomic mass is 16.6. The highest BCUT2D eigenvalue weighted by Crippen LogP contribution is 2.24. The predicted molar refractivity (Wildman–Crippen MR) is 87.0 cm³/mol. The van der Waals surface area contributed by atoms with Crippen LogP contribution in [-0.2, 0) is 19.1 Å². The van der Waals surface area contributed by atoms with Gasteiger partial charge in [-0.15, -0.1) is 0 Å². The molecule has 1 rings (SSSR count). The lowest BCUT2D eigenvalue weighted by atomic mass is 9.92. The molecule has 140 valence electrons. The molecular formula is C16H30N2O6. The first-order valence-electron chi connectivity index (χ1n) is 8.42. The highest BCUT2D eigenvalue weighted by Gasteiger charge is 2.46. The van der Waals surface area contributed by atoms with E-state index in [4.69, 9.17) is 15.2 Å². The molecule has 1 fully saturated rings. The zero-order chi connectivity index (χ0) is 18.4. The van der Waals surface area contributed by atoms with E-state index in [1.54, 1.807) is 20.8 Å². The van der Waals surface area contributed by atoms with Crippen molar-refractivity contribution in [3.63, 3.8) is 0 Å². The SMILES string of the molecule is CCCC(=O)NC1C(C)OC(CO)C(O)C1OC(=O)[C@@H](N)C(C)C. The van der Waals surface area contributed by atoms with Gasteiger partial charge >= 0.3 is 5.97 Å². The van der Waals surface area contributed by atoms with E-state index in [0.29, 0.717) is 12.8 Å². The van der Waals surface area contributed by atoms with Gasteiger partial charge in [-0.25, -0.2) is 0 Å². The van der Waals surface area contributed by atoms with Gasteiger partial charge < -0.3 is 30.7 Å². The van der Waals surface area contributed by atoms with Gasteiger partial charge in [-0.2, -0.15) is 0 Å². The van der Waals surface area contributed by atoms with E-state index >= 15 is 0 Å². The molecule has 5 N–H and O–H groups in total. The summed E-state index contributed by atoms with van der Waals surface area (Å²) in [6, 6.07) is -1.56. The van der Waals surface area contributed by atoms with Crippen LogP contribution in [0.2, 0.25) is 0 Å². The molecule has 0 aliphatic carbocycles. The molecule has 1 aliphatic heterocycles. The van der Waals surface area contributed by atoms with Gasteiger partial charge in [-0.3, -0.25) is 9.59 Å². The number of rotatable bonds is 7. The molecule has 0 aromatic rings. The van der Waals surface area contributed by atoms with Crippen LogP contribution in [0, 0.1) is 5.92 Å². The Bertz CT molecular complexity index is 431. The summed E-state index contributed by atoms with van der Waals surface area (Å²) in [5.41, 5.74) is 5.79. The molecule has 0 saturated carbocycles. The monoisotopic (exact) mass is 346 g/mol. The van der Waals surface area contributed by atoms with Crippen molar-refractivity contribution >= 4 is 11.9 Å². The van der Waals surface area contributed by atoms with E-state index in [1.165, 1.54) is 0 Å². The summed E-state index contributed by atoms with van der Waals surface area (Å²) < 4.78 is 10.9. The van der Waals surface area contributed by atoms with Gasteiger partial charge in [0.1, 0.15) is 18.2 Å². The molecule has 0 bridgehead atoms. The van der Waals surface area contributed by atoms with Gasteiger partial charge in [0.2, 0.25) is 5.91 Å². The summed E-state index contributed by atoms with van der Waals surface area (Å²) in [4.78, 5) is 24.1. The zero-order valence-electron chi connectivity index (χ0n) is 14.8. The minimum atomic E-state index is -1.26. The van der Waals surface area contributed by atoms with E-state index in [-0.39, 0.29) is 11.8 Å². The summed E-state index contributed by atoms with van der Waals surface area (Å²) in [5, 5.41) is 22.5. The largest absolute Gasteiger partial charge is 0.456 e. The molecule has 8 heteroatoms. The molecular weight excluding hydrogens is 316 g/mol. The van der Waals surface area contributed by atoms with Gasteiger partial charge in [0.05, 0.1) is 18.8 Å². The van der Waals surface area contributed by atoms with Gasteiger partial charge in [-0.05, 0) is 19.3 Å². The molecule has 0 spiro atoms. The summed E-state index contributed by atoms with van der Waals surface area (Å²) in [6.07, 6.45) is -2.76. The Labute approximate surface area is 142 Å². The normalized spacial score (nSPS) is 31.6. The Morgan fingerprint density at radius 1 is 1.38 bits per heavy atom. The summed E-state index contributed by atoms with van der Waals surface area (Å²) in [5.74, 6) is -1.01. The zero-order valence-corrected chi connectivity index (χ0v) is 14.8. The molecule has 8 nitrogen and oxygen atoms in total. The third-order valence-electron chi connectivity index (χ3n) is 4.19. The van der Waals surface area contributed by atoms with Crippen LogP contribution in [0.15, 0.2) is 0 Å². The predicted octanol–water partition coefficient (Wildman–Crippen LogP) is -0.693. The van der Waals surface area contributed by atoms with Crippen LogP contribution in [0.5, 0.6) is 0 Å². The molecule has 1 amide bonds. The third kappa shape index (κ3) is 5.14. The molecule has 1 heterocycles. The van der Waals surface area contributed by atoms with E-state index in [0.717, 1.165) is 0 Å². The molecule has 24 heavy (non-hydrogen) atoms. The summed E-state index contributed by atoms with van der Waals surface area (Å²) in [6.45, 7) is 6.70. The van der Waals surface area contributed by atoms with Crippen molar-refractivity contribution in [3.8, 4) is 0 Å². The summed E-state index contributed by atoms with van der Waals surface area (Å²) >= 11 is 0. The van der Waals surface area contributed by atoms with Crippen LogP contribution < -0.4 is 11.1 Å². The average Bonchev–Trinajstić information content (AvgIpc) is 2.52. The number of carbonyl (C=O) groups excluding carboxylic acids is 2. The molecule has 6 atom stereocenters. The first-order valence-corrected chi connectivity index (χ1v) is 8.42. The molecule has 1 saturated heterocycles. The fraction of sp³-hybridized carbons (Fsp3) is 0.875. The van der Waals surface area contributed by atoms with Crippen LogP contribution in [0.25, 0.3) is 0 Å². The minimum absolute atomic E-state index is 0.131. The number of aliphatic hydroxyl groups is 2. The number of hydrogen-bond acceptors (Lipinski definition) is 7. The topological polar surface area (TPSA) is 131 Å². The van der Waals surface area contributed by atoms with E-state index in [9.17, 15) is 19.8 Å². The van der Waals surface area contributed by atoms with Gasteiger partial charge in [0.25, 0.3) is 0 Å². The number of carbonyl (C=O) groups is 2. The molecule has 5 unspecified atom stereocenters. The number of esters is 1. The second-order valence-electron chi connectivity index (χ2n) is 6.57. The van der Waals surface area contributed by atoms with Gasteiger partial charge in [0, 0.05) is 6.42 Å². The molecule has 0 radical (unpaired) electrons. The van der Waals surface area contributed by atoms with Crippen LogP contribution in [0.4, 0.5) is 0 Å². The number of hydrogen-bond donors (Lipinski definition) is 4. The fourth-order valence-electron chi connectivity index (χ4n) is 2.60. The third-order valence-corrected chi connectivity index (χ3v) is 4.19. The number of ether oxygens (including phenoxy) is 2. The lowest BCUT2D eigenvalue weighted by Gasteiger charge is -2.43. The Hall–Kier alpha value is -1.22.